The third kappa shape index (κ3) is 3.65. The highest BCUT2D eigenvalue weighted by Gasteiger charge is 2.23. The molecule has 0 saturated carbocycles. The molecule has 1 aromatic carbocycles. The molecule has 3 nitrogen and oxygen atoms in total. The molecule has 1 amide bonds. The Labute approximate surface area is 127 Å². The van der Waals surface area contributed by atoms with Crippen molar-refractivity contribution >= 4 is 5.91 Å². The molecule has 0 bridgehead atoms. The Morgan fingerprint density at radius 1 is 1.38 bits per heavy atom. The predicted molar refractivity (Wildman–Crippen MR) is 86.0 cm³/mol. The summed E-state index contributed by atoms with van der Waals surface area (Å²) in [6.45, 7) is 6.27. The Bertz CT molecular complexity index is 560. The van der Waals surface area contributed by atoms with Crippen molar-refractivity contribution in [1.29, 1.82) is 0 Å². The van der Waals surface area contributed by atoms with Gasteiger partial charge in [0.1, 0.15) is 0 Å². The van der Waals surface area contributed by atoms with E-state index < -0.39 is 0 Å². The van der Waals surface area contributed by atoms with Crippen LogP contribution in [0.5, 0.6) is 0 Å². The lowest BCUT2D eigenvalue weighted by atomic mass is 9.93. The minimum Gasteiger partial charge on any atom is -0.339 e. The van der Waals surface area contributed by atoms with Gasteiger partial charge in [0, 0.05) is 24.2 Å². The Morgan fingerprint density at radius 3 is 2.71 bits per heavy atom. The molecular weight excluding hydrogens is 260 g/mol. The fraction of sp³-hybridized carbons (Fsp3) is 0.500. The van der Waals surface area contributed by atoms with Gasteiger partial charge in [-0.1, -0.05) is 31.3 Å². The molecule has 0 aromatic heterocycles. The van der Waals surface area contributed by atoms with E-state index in [9.17, 15) is 4.79 Å². The van der Waals surface area contributed by atoms with Crippen LogP contribution in [-0.4, -0.2) is 30.4 Å². The van der Waals surface area contributed by atoms with Crippen molar-refractivity contribution in [2.24, 2.45) is 11.7 Å². The van der Waals surface area contributed by atoms with Crippen LogP contribution in [0.4, 0.5) is 0 Å². The van der Waals surface area contributed by atoms with Crippen LogP contribution in [0.25, 0.3) is 0 Å². The molecular formula is C18H24N2O. The van der Waals surface area contributed by atoms with Crippen molar-refractivity contribution in [1.82, 2.24) is 4.90 Å². The monoisotopic (exact) mass is 284 g/mol. The van der Waals surface area contributed by atoms with Gasteiger partial charge in [0.25, 0.3) is 5.91 Å². The molecule has 1 aliphatic heterocycles. The van der Waals surface area contributed by atoms with Crippen LogP contribution >= 0.6 is 0 Å². The molecule has 0 radical (unpaired) electrons. The van der Waals surface area contributed by atoms with Crippen LogP contribution in [0.1, 0.15) is 47.7 Å². The molecule has 1 fully saturated rings. The number of carbonyl (C=O) groups is 1. The Morgan fingerprint density at radius 2 is 2.10 bits per heavy atom. The predicted octanol–water partition coefficient (Wildman–Crippen LogP) is 2.57. The van der Waals surface area contributed by atoms with Crippen LogP contribution < -0.4 is 5.73 Å². The molecule has 0 spiro atoms. The number of rotatable bonds is 2. The minimum absolute atomic E-state index is 0.137. The second-order valence-corrected chi connectivity index (χ2v) is 5.63. The van der Waals surface area contributed by atoms with Gasteiger partial charge in [0.2, 0.25) is 0 Å². The fourth-order valence-corrected chi connectivity index (χ4v) is 2.86. The lowest BCUT2D eigenvalue weighted by Crippen LogP contribution is -2.38. The first-order valence-corrected chi connectivity index (χ1v) is 7.75. The van der Waals surface area contributed by atoms with E-state index in [1.165, 1.54) is 6.42 Å². The van der Waals surface area contributed by atoms with E-state index in [0.717, 1.165) is 48.5 Å². The summed E-state index contributed by atoms with van der Waals surface area (Å²) in [7, 11) is 0. The maximum atomic E-state index is 12.7. The number of hydrogen-bond donors (Lipinski definition) is 1. The number of hydrogen-bond acceptors (Lipinski definition) is 2. The summed E-state index contributed by atoms with van der Waals surface area (Å²) in [6.07, 6.45) is 3.45. The van der Waals surface area contributed by atoms with E-state index in [1.54, 1.807) is 0 Å². The van der Waals surface area contributed by atoms with Crippen LogP contribution in [0, 0.1) is 24.7 Å². The normalized spacial score (nSPS) is 15.5. The van der Waals surface area contributed by atoms with Crippen LogP contribution in [-0.2, 0) is 0 Å². The zero-order valence-corrected chi connectivity index (χ0v) is 13.0. The molecule has 21 heavy (non-hydrogen) atoms. The van der Waals surface area contributed by atoms with Crippen LogP contribution in [0.3, 0.4) is 0 Å². The number of nitrogens with zero attached hydrogens (tertiary/aromatic N) is 1. The SMILES string of the molecule is CCC1CCN(C(=O)c2cccc(C#CCN)c2C)CC1. The number of amides is 1. The highest BCUT2D eigenvalue weighted by molar-refractivity contribution is 5.96. The molecule has 0 atom stereocenters. The maximum absolute atomic E-state index is 12.7. The molecule has 2 N–H and O–H groups in total. The molecule has 1 saturated heterocycles. The summed E-state index contributed by atoms with van der Waals surface area (Å²) in [5.41, 5.74) is 8.05. The van der Waals surface area contributed by atoms with Crippen molar-refractivity contribution in [2.75, 3.05) is 19.6 Å². The first-order chi connectivity index (χ1) is 10.2. The molecule has 1 aliphatic rings. The second-order valence-electron chi connectivity index (χ2n) is 5.63. The summed E-state index contributed by atoms with van der Waals surface area (Å²) in [6, 6.07) is 5.74. The van der Waals surface area contributed by atoms with Gasteiger partial charge in [0.05, 0.1) is 6.54 Å². The standard InChI is InChI=1S/C18H24N2O/c1-3-15-9-12-20(13-10-15)18(21)17-8-4-6-16(14(17)2)7-5-11-19/h4,6,8,15H,3,9-13,19H2,1-2H3. The topological polar surface area (TPSA) is 46.3 Å². The Kier molecular flexibility index (Phi) is 5.41. The summed E-state index contributed by atoms with van der Waals surface area (Å²) in [5, 5.41) is 0. The summed E-state index contributed by atoms with van der Waals surface area (Å²) in [5.74, 6) is 6.81. The van der Waals surface area contributed by atoms with Gasteiger partial charge in [0.15, 0.2) is 0 Å². The summed E-state index contributed by atoms with van der Waals surface area (Å²) >= 11 is 0. The molecule has 3 heteroatoms. The van der Waals surface area contributed by atoms with E-state index in [1.807, 2.05) is 30.0 Å². The van der Waals surface area contributed by atoms with Crippen LogP contribution in [0.2, 0.25) is 0 Å². The Hall–Kier alpha value is -1.79. The van der Waals surface area contributed by atoms with Gasteiger partial charge in [-0.15, -0.1) is 0 Å². The summed E-state index contributed by atoms with van der Waals surface area (Å²) in [4.78, 5) is 14.7. The van der Waals surface area contributed by atoms with Gasteiger partial charge >= 0.3 is 0 Å². The second kappa shape index (κ2) is 7.28. The number of carbonyl (C=O) groups excluding carboxylic acids is 1. The molecule has 112 valence electrons. The maximum Gasteiger partial charge on any atom is 0.254 e. The molecule has 2 rings (SSSR count). The first-order valence-electron chi connectivity index (χ1n) is 7.75. The fourth-order valence-electron chi connectivity index (χ4n) is 2.86. The van der Waals surface area contributed by atoms with Gasteiger partial charge in [-0.25, -0.2) is 0 Å². The first kappa shape index (κ1) is 15.6. The molecule has 0 unspecified atom stereocenters. The van der Waals surface area contributed by atoms with E-state index in [4.69, 9.17) is 5.73 Å². The van der Waals surface area contributed by atoms with Crippen molar-refractivity contribution in [3.63, 3.8) is 0 Å². The van der Waals surface area contributed by atoms with Crippen molar-refractivity contribution in [2.45, 2.75) is 33.1 Å². The van der Waals surface area contributed by atoms with Crippen LogP contribution in [0.15, 0.2) is 18.2 Å². The molecule has 0 aliphatic carbocycles. The third-order valence-electron chi connectivity index (χ3n) is 4.37. The van der Waals surface area contributed by atoms with Crippen molar-refractivity contribution in [3.05, 3.63) is 34.9 Å². The average molecular weight is 284 g/mol. The smallest absolute Gasteiger partial charge is 0.254 e. The lowest BCUT2D eigenvalue weighted by Gasteiger charge is -2.32. The quantitative estimate of drug-likeness (QED) is 0.848. The Balaban J connectivity index is 2.16. The zero-order valence-electron chi connectivity index (χ0n) is 13.0. The van der Waals surface area contributed by atoms with Gasteiger partial charge in [-0.2, -0.15) is 0 Å². The van der Waals surface area contributed by atoms with Gasteiger partial charge < -0.3 is 10.6 Å². The number of benzene rings is 1. The van der Waals surface area contributed by atoms with E-state index in [2.05, 4.69) is 18.8 Å². The molecule has 1 aromatic rings. The van der Waals surface area contributed by atoms with E-state index >= 15 is 0 Å². The van der Waals surface area contributed by atoms with Crippen molar-refractivity contribution in [3.8, 4) is 11.8 Å². The molecule has 1 heterocycles. The highest BCUT2D eigenvalue weighted by Crippen LogP contribution is 2.23. The highest BCUT2D eigenvalue weighted by atomic mass is 16.2. The zero-order chi connectivity index (χ0) is 15.2. The van der Waals surface area contributed by atoms with Crippen molar-refractivity contribution < 1.29 is 4.79 Å². The largest absolute Gasteiger partial charge is 0.339 e. The number of likely N-dealkylation sites (tertiary alicyclic amines) is 1. The van der Waals surface area contributed by atoms with Gasteiger partial charge in [-0.05, 0) is 43.4 Å². The van der Waals surface area contributed by atoms with Gasteiger partial charge in [-0.3, -0.25) is 4.79 Å². The average Bonchev–Trinajstić information content (AvgIpc) is 2.53. The number of piperidine rings is 1. The van der Waals surface area contributed by atoms with E-state index in [0.29, 0.717) is 6.54 Å². The third-order valence-corrected chi connectivity index (χ3v) is 4.37. The minimum atomic E-state index is 0.137. The van der Waals surface area contributed by atoms with E-state index in [-0.39, 0.29) is 5.91 Å². The number of nitrogens with two attached hydrogens (primary N) is 1. The summed E-state index contributed by atoms with van der Waals surface area (Å²) < 4.78 is 0. The lowest BCUT2D eigenvalue weighted by molar-refractivity contribution is 0.0688.